The van der Waals surface area contributed by atoms with Gasteiger partial charge in [-0.1, -0.05) is 76.1 Å². The van der Waals surface area contributed by atoms with Crippen LogP contribution in [0.4, 0.5) is 4.39 Å². The van der Waals surface area contributed by atoms with Gasteiger partial charge in [-0.05, 0) is 136 Å². The summed E-state index contributed by atoms with van der Waals surface area (Å²) in [6.45, 7) is 8.75. The van der Waals surface area contributed by atoms with Crippen molar-refractivity contribution in [3.05, 3.63) is 100 Å². The zero-order chi connectivity index (χ0) is 52.4. The van der Waals surface area contributed by atoms with E-state index in [2.05, 4.69) is 6.92 Å². The summed E-state index contributed by atoms with van der Waals surface area (Å²) in [5.41, 5.74) is 0.378. The molecule has 1 aliphatic heterocycles. The molecule has 4 fully saturated rings. The second-order valence-electron chi connectivity index (χ2n) is 22.6. The number of ether oxygens (including phenoxy) is 3. The minimum atomic E-state index is -1.63. The number of aliphatic hydroxyl groups excluding tert-OH is 2. The minimum absolute atomic E-state index is 0.0144. The first-order chi connectivity index (χ1) is 34.8. The van der Waals surface area contributed by atoms with Crippen LogP contribution in [0.3, 0.4) is 0 Å². The van der Waals surface area contributed by atoms with Crippen molar-refractivity contribution in [1.29, 1.82) is 0 Å². The largest absolute Gasteiger partial charge is 0.486 e. The van der Waals surface area contributed by atoms with Crippen molar-refractivity contribution in [2.24, 2.45) is 46.3 Å². The van der Waals surface area contributed by atoms with Crippen LogP contribution in [0.1, 0.15) is 153 Å². The molecule has 0 spiro atoms. The number of aryl methyl sites for hydroxylation is 2. The molecule has 1 heterocycles. The topological polar surface area (TPSA) is 188 Å². The van der Waals surface area contributed by atoms with Gasteiger partial charge in [0.2, 0.25) is 0 Å². The normalized spacial score (nSPS) is 30.1. The highest BCUT2D eigenvalue weighted by molar-refractivity contribution is 6.18. The van der Waals surface area contributed by atoms with Gasteiger partial charge in [0.15, 0.2) is 46.6 Å². The second kappa shape index (κ2) is 22.4. The van der Waals surface area contributed by atoms with Crippen molar-refractivity contribution < 1.29 is 62.4 Å². The van der Waals surface area contributed by atoms with Gasteiger partial charge in [0, 0.05) is 54.3 Å². The van der Waals surface area contributed by atoms with Gasteiger partial charge in [-0.3, -0.25) is 33.6 Å². The van der Waals surface area contributed by atoms with E-state index in [0.717, 1.165) is 23.1 Å². The van der Waals surface area contributed by atoms with Gasteiger partial charge in [-0.25, -0.2) is 4.39 Å². The predicted octanol–water partition coefficient (Wildman–Crippen LogP) is 9.45. The van der Waals surface area contributed by atoms with Crippen LogP contribution in [0.2, 0.25) is 0 Å². The lowest BCUT2D eigenvalue weighted by Crippen LogP contribution is -2.63. The van der Waals surface area contributed by atoms with Gasteiger partial charge >= 0.3 is 0 Å². The van der Waals surface area contributed by atoms with Gasteiger partial charge in [-0.2, -0.15) is 0 Å². The monoisotopic (exact) mass is 1000 g/mol. The number of hydrogen-bond donors (Lipinski definition) is 2. The van der Waals surface area contributed by atoms with Gasteiger partial charge < -0.3 is 24.4 Å². The van der Waals surface area contributed by atoms with Crippen LogP contribution < -0.4 is 4.74 Å². The number of hydrogen-bond acceptors (Lipinski definition) is 12. The maximum absolute atomic E-state index is 16.7. The third-order valence-electron chi connectivity index (χ3n) is 18.0. The van der Waals surface area contributed by atoms with E-state index in [1.807, 2.05) is 51.1 Å². The Balaban J connectivity index is 0.795. The molecule has 392 valence electrons. The maximum Gasteiger partial charge on any atom is 0.193 e. The van der Waals surface area contributed by atoms with Crippen molar-refractivity contribution in [3.63, 3.8) is 0 Å². The van der Waals surface area contributed by atoms with Crippen LogP contribution >= 0.6 is 0 Å². The quantitative estimate of drug-likeness (QED) is 0.0750. The number of ketones is 7. The number of unbranched alkanes of at least 4 members (excludes halogenated alkanes) is 1. The number of benzene rings is 2. The van der Waals surface area contributed by atoms with Crippen molar-refractivity contribution in [2.45, 2.75) is 168 Å². The molecule has 1 saturated heterocycles. The first-order valence-electron chi connectivity index (χ1n) is 26.7. The number of Topliss-reactive ketones (excluding diaryl/α,β-unsaturated/α-hetero) is 4. The number of aliphatic hydroxyl groups is 2. The summed E-state index contributed by atoms with van der Waals surface area (Å²) in [6, 6.07) is 11.0. The molecule has 0 aromatic heterocycles. The third-order valence-corrected chi connectivity index (χ3v) is 18.0. The lowest BCUT2D eigenvalue weighted by Gasteiger charge is -2.59. The lowest BCUT2D eigenvalue weighted by atomic mass is 9.46. The molecule has 2 unspecified atom stereocenters. The Labute approximate surface area is 428 Å². The highest BCUT2D eigenvalue weighted by Crippen LogP contribution is 2.70. The lowest BCUT2D eigenvalue weighted by molar-refractivity contribution is -0.201. The molecule has 0 bridgehead atoms. The molecular weight excluding hydrogens is 932 g/mol. The summed E-state index contributed by atoms with van der Waals surface area (Å²) in [4.78, 5) is 88.3. The van der Waals surface area contributed by atoms with Crippen LogP contribution in [-0.4, -0.2) is 75.1 Å². The summed E-state index contributed by atoms with van der Waals surface area (Å²) >= 11 is 0. The number of carbonyl (C=O) groups is 7. The summed E-state index contributed by atoms with van der Waals surface area (Å²) in [7, 11) is 0. The molecule has 12 nitrogen and oxygen atoms in total. The smallest absolute Gasteiger partial charge is 0.193 e. The fourth-order valence-electron chi connectivity index (χ4n) is 13.8. The highest BCUT2D eigenvalue weighted by atomic mass is 19.1. The summed E-state index contributed by atoms with van der Waals surface area (Å²) in [5.74, 6) is -2.65. The molecule has 8 rings (SSSR count). The molecule has 2 aromatic carbocycles. The van der Waals surface area contributed by atoms with Crippen LogP contribution in [0, 0.1) is 59.1 Å². The third kappa shape index (κ3) is 10.8. The van der Waals surface area contributed by atoms with Crippen LogP contribution in [0.25, 0.3) is 0 Å². The maximum atomic E-state index is 16.7. The Morgan fingerprint density at radius 1 is 0.877 bits per heavy atom. The van der Waals surface area contributed by atoms with Crippen LogP contribution in [0.5, 0.6) is 5.75 Å². The van der Waals surface area contributed by atoms with Crippen LogP contribution in [0.15, 0.2) is 72.4 Å². The first kappa shape index (κ1) is 54.2. The zero-order valence-corrected chi connectivity index (χ0v) is 43.1. The average molecular weight is 1010 g/mol. The molecule has 2 aromatic rings. The Morgan fingerprint density at radius 2 is 1.59 bits per heavy atom. The predicted molar refractivity (Wildman–Crippen MR) is 269 cm³/mol. The number of fused-ring (bicyclic) bond motifs is 7. The van der Waals surface area contributed by atoms with E-state index < -0.39 is 59.1 Å². The highest BCUT2D eigenvalue weighted by Gasteiger charge is 2.76. The van der Waals surface area contributed by atoms with Gasteiger partial charge in [-0.15, -0.1) is 0 Å². The van der Waals surface area contributed by atoms with E-state index in [9.17, 15) is 43.8 Å². The van der Waals surface area contributed by atoms with E-state index in [-0.39, 0.29) is 88.6 Å². The van der Waals surface area contributed by atoms with Crippen LogP contribution in [-0.2, 0) is 56.1 Å². The number of halogens is 1. The van der Waals surface area contributed by atoms with Gasteiger partial charge in [0.25, 0.3) is 0 Å². The first-order valence-corrected chi connectivity index (χ1v) is 26.7. The van der Waals surface area contributed by atoms with Crippen molar-refractivity contribution >= 4 is 40.5 Å². The minimum Gasteiger partial charge on any atom is -0.486 e. The molecule has 0 radical (unpaired) electrons. The fraction of sp³-hybridized carbons (Fsp3) is 0.583. The Bertz CT molecular complexity index is 2580. The number of carbonyl (C=O) groups excluding carboxylic acids is 7. The van der Waals surface area contributed by atoms with Gasteiger partial charge in [0.05, 0.1) is 23.7 Å². The van der Waals surface area contributed by atoms with E-state index >= 15 is 4.39 Å². The SMILES string of the molecule is Cc1ccc(OCc2cccc(CCCC(=O)C(C)CCC(=O)C(C)CCCC(=O)CCCCC3C(=O)C=CC3=O)c2)c(F)c1[C@@H]1O[C@@H]2C[C@H]3[C@@H]4CCC5=CC(=O)C=C[C@]5(C)[C@H]4[C@@H](O)C[C@]3(C)[C@]2(C(=O)CO)O1. The fourth-order valence-corrected chi connectivity index (χ4v) is 13.8. The standard InChI is InChI=1S/C60H73FO12/c1-35(11-8-16-41(63)15-6-7-17-44-48(67)24-25-49(44)68)47(66)23-19-36(2)46(65)18-10-13-38-12-9-14-39(29-38)34-71-51-26-20-37(3)54(56(51)61)57-72-53-31-45-43-22-21-40-30-42(64)27-28-58(40,4)55(43)50(69)32-59(45,5)60(53,73-57)52(70)33-62/h9,12,14,20,24-30,35-36,43-45,50,53,55,57,62,69H,6-8,10-11,13,15-19,21-23,31-34H2,1-5H3/t35?,36?,43-,45-,50-,53+,55+,57+,58-,59-,60+/m0/s1. The van der Waals surface area contributed by atoms with E-state index in [4.69, 9.17) is 14.2 Å². The molecule has 73 heavy (non-hydrogen) atoms. The zero-order valence-electron chi connectivity index (χ0n) is 43.1. The molecule has 6 aliphatic rings. The molecule has 13 heteroatoms. The molecule has 3 saturated carbocycles. The molecule has 2 N–H and O–H groups in total. The van der Waals surface area contributed by atoms with E-state index in [1.54, 1.807) is 31.2 Å². The average Bonchev–Trinajstić information content (AvgIpc) is 3.98. The van der Waals surface area contributed by atoms with Gasteiger partial charge in [0.1, 0.15) is 30.6 Å². The Hall–Kier alpha value is -5.08. The van der Waals surface area contributed by atoms with Crippen molar-refractivity contribution in [3.8, 4) is 5.75 Å². The second-order valence-corrected chi connectivity index (χ2v) is 22.6. The van der Waals surface area contributed by atoms with E-state index in [0.29, 0.717) is 95.5 Å². The molecule has 0 amide bonds. The molecule has 11 atom stereocenters. The van der Waals surface area contributed by atoms with E-state index in [1.165, 1.54) is 12.2 Å². The number of rotatable bonds is 24. The Morgan fingerprint density at radius 3 is 2.34 bits per heavy atom. The summed E-state index contributed by atoms with van der Waals surface area (Å²) < 4.78 is 36.2. The Kier molecular flexibility index (Phi) is 16.6. The molecular formula is C60H73FO12. The van der Waals surface area contributed by atoms with Crippen molar-refractivity contribution in [1.82, 2.24) is 0 Å². The number of allylic oxidation sites excluding steroid dienone is 6. The van der Waals surface area contributed by atoms with Crippen molar-refractivity contribution in [2.75, 3.05) is 6.61 Å². The molecule has 5 aliphatic carbocycles. The summed E-state index contributed by atoms with van der Waals surface area (Å²) in [6.07, 6.45) is 13.2. The summed E-state index contributed by atoms with van der Waals surface area (Å²) in [5, 5.41) is 22.5.